The average molecular weight is 377 g/mol. The van der Waals surface area contributed by atoms with Gasteiger partial charge in [0, 0.05) is 12.5 Å². The van der Waals surface area contributed by atoms with Crippen molar-refractivity contribution in [3.05, 3.63) is 63.6 Å². The Hall–Kier alpha value is -2.22. The van der Waals surface area contributed by atoms with Crippen LogP contribution in [0, 0.1) is 40.4 Å². The van der Waals surface area contributed by atoms with Crippen molar-refractivity contribution in [3.63, 3.8) is 0 Å². The number of fused-ring (bicyclic) bond motifs is 1. The molecule has 0 aliphatic heterocycles. The molecule has 146 valence electrons. The smallest absolute Gasteiger partial charge is 0.206 e. The second-order valence-electron chi connectivity index (χ2n) is 8.71. The van der Waals surface area contributed by atoms with Crippen molar-refractivity contribution in [1.29, 1.82) is 0 Å². The van der Waals surface area contributed by atoms with Gasteiger partial charge in [-0.1, -0.05) is 25.0 Å². The van der Waals surface area contributed by atoms with Gasteiger partial charge >= 0.3 is 0 Å². The Balaban J connectivity index is 2.04. The van der Waals surface area contributed by atoms with Gasteiger partial charge in [0.15, 0.2) is 5.69 Å². The summed E-state index contributed by atoms with van der Waals surface area (Å²) < 4.78 is 16.7. The number of aromatic nitrogens is 1. The van der Waals surface area contributed by atoms with Crippen molar-refractivity contribution in [2.75, 3.05) is 0 Å². The first-order chi connectivity index (χ1) is 13.3. The highest BCUT2D eigenvalue weighted by Gasteiger charge is 2.25. The Morgan fingerprint density at radius 2 is 1.54 bits per heavy atom. The summed E-state index contributed by atoms with van der Waals surface area (Å²) in [5.74, 6) is 0.624. The number of nitrogens with zero attached hydrogens (tertiary/aromatic N) is 1. The molecule has 1 saturated carbocycles. The molecule has 1 heterocycles. The fraction of sp³-hybridized carbons (Fsp3) is 0.423. The second-order valence-corrected chi connectivity index (χ2v) is 8.71. The van der Waals surface area contributed by atoms with E-state index in [1.54, 1.807) is 0 Å². The third kappa shape index (κ3) is 2.85. The van der Waals surface area contributed by atoms with Gasteiger partial charge in [0.1, 0.15) is 12.9 Å². The lowest BCUT2D eigenvalue weighted by Gasteiger charge is -2.17. The summed E-state index contributed by atoms with van der Waals surface area (Å²) in [6.07, 6.45) is 5.32. The number of rotatable bonds is 2. The molecule has 0 spiro atoms. The van der Waals surface area contributed by atoms with Gasteiger partial charge < -0.3 is 0 Å². The van der Waals surface area contributed by atoms with Crippen LogP contribution >= 0.6 is 0 Å². The summed E-state index contributed by atoms with van der Waals surface area (Å²) in [5.41, 5.74) is 8.93. The van der Waals surface area contributed by atoms with Gasteiger partial charge in [0.2, 0.25) is 5.69 Å². The molecular formula is C26H31FN+. The lowest BCUT2D eigenvalue weighted by Crippen LogP contribution is -2.36. The third-order valence-corrected chi connectivity index (χ3v) is 7.17. The van der Waals surface area contributed by atoms with E-state index in [0.717, 1.165) is 16.7 Å². The zero-order chi connectivity index (χ0) is 20.2. The van der Waals surface area contributed by atoms with Gasteiger partial charge in [0.25, 0.3) is 0 Å². The highest BCUT2D eigenvalue weighted by molar-refractivity contribution is 5.96. The lowest BCUT2D eigenvalue weighted by molar-refractivity contribution is -0.665. The molecule has 2 heteroatoms. The quantitative estimate of drug-likeness (QED) is 0.440. The van der Waals surface area contributed by atoms with E-state index in [9.17, 15) is 4.39 Å². The van der Waals surface area contributed by atoms with Crippen LogP contribution in [0.4, 0.5) is 4.39 Å². The summed E-state index contributed by atoms with van der Waals surface area (Å²) >= 11 is 0. The van der Waals surface area contributed by atoms with Crippen molar-refractivity contribution in [1.82, 2.24) is 0 Å². The van der Waals surface area contributed by atoms with Gasteiger partial charge in [-0.2, -0.15) is 4.57 Å². The maximum absolute atomic E-state index is 14.5. The number of benzene rings is 2. The van der Waals surface area contributed by atoms with Crippen LogP contribution in [0.25, 0.3) is 22.0 Å². The summed E-state index contributed by atoms with van der Waals surface area (Å²) in [7, 11) is 2.13. The molecule has 0 saturated heterocycles. The molecule has 0 atom stereocenters. The van der Waals surface area contributed by atoms with E-state index in [1.807, 2.05) is 26.8 Å². The van der Waals surface area contributed by atoms with Crippen molar-refractivity contribution in [2.45, 2.75) is 66.2 Å². The first-order valence-electron chi connectivity index (χ1n) is 10.5. The maximum atomic E-state index is 14.5. The van der Waals surface area contributed by atoms with Crippen LogP contribution < -0.4 is 4.57 Å². The highest BCUT2D eigenvalue weighted by Crippen LogP contribution is 2.38. The molecule has 1 nitrogen and oxygen atoms in total. The van der Waals surface area contributed by atoms with Crippen LogP contribution in [0.5, 0.6) is 0 Å². The molecule has 1 aliphatic rings. The predicted octanol–water partition coefficient (Wildman–Crippen LogP) is 6.67. The Labute approximate surface area is 168 Å². The molecule has 0 radical (unpaired) electrons. The number of aryl methyl sites for hydroxylation is 2. The SMILES string of the molecule is Cc1cc(-c2c3ccc(C4CCCC4)cc3c(C)c(C)[n+]2C)c(C)c(C)c1F. The van der Waals surface area contributed by atoms with Crippen molar-refractivity contribution in [3.8, 4) is 11.3 Å². The van der Waals surface area contributed by atoms with Gasteiger partial charge in [-0.05, 0) is 86.2 Å². The molecule has 0 N–H and O–H groups in total. The van der Waals surface area contributed by atoms with Gasteiger partial charge in [-0.25, -0.2) is 4.39 Å². The monoisotopic (exact) mass is 376 g/mol. The molecule has 2 aromatic carbocycles. The number of hydrogen-bond acceptors (Lipinski definition) is 0. The molecular weight excluding hydrogens is 345 g/mol. The zero-order valence-electron chi connectivity index (χ0n) is 18.0. The normalized spacial score (nSPS) is 15.0. The molecule has 0 unspecified atom stereocenters. The van der Waals surface area contributed by atoms with Crippen LogP contribution in [-0.4, -0.2) is 0 Å². The van der Waals surface area contributed by atoms with E-state index in [2.05, 4.69) is 43.7 Å². The van der Waals surface area contributed by atoms with E-state index in [1.165, 1.54) is 59.0 Å². The standard InChI is InChI=1S/C26H31FN/c1-15-13-24(16(2)17(3)25(15)27)26-22-12-11-21(20-9-7-8-10-20)14-23(22)18(4)19(5)28(26)6/h11-14,20H,7-10H2,1-6H3/q+1. The van der Waals surface area contributed by atoms with E-state index in [0.29, 0.717) is 11.5 Å². The van der Waals surface area contributed by atoms with Gasteiger partial charge in [-0.3, -0.25) is 0 Å². The van der Waals surface area contributed by atoms with Crippen molar-refractivity contribution >= 4 is 10.8 Å². The van der Waals surface area contributed by atoms with Crippen LogP contribution in [0.3, 0.4) is 0 Å². The van der Waals surface area contributed by atoms with Gasteiger partial charge in [0.05, 0.1) is 10.9 Å². The third-order valence-electron chi connectivity index (χ3n) is 7.17. The first-order valence-corrected chi connectivity index (χ1v) is 10.5. The molecule has 0 amide bonds. The summed E-state index contributed by atoms with van der Waals surface area (Å²) in [5, 5.41) is 2.61. The Morgan fingerprint density at radius 3 is 2.21 bits per heavy atom. The lowest BCUT2D eigenvalue weighted by atomic mass is 9.89. The van der Waals surface area contributed by atoms with Gasteiger partial charge in [-0.15, -0.1) is 0 Å². The molecule has 3 aromatic rings. The van der Waals surface area contributed by atoms with Crippen LogP contribution in [0.15, 0.2) is 24.3 Å². The van der Waals surface area contributed by atoms with Crippen LogP contribution in [-0.2, 0) is 7.05 Å². The average Bonchev–Trinajstić information content (AvgIpc) is 3.23. The number of hydrogen-bond donors (Lipinski definition) is 0. The fourth-order valence-electron chi connectivity index (χ4n) is 5.01. The molecule has 1 fully saturated rings. The summed E-state index contributed by atoms with van der Waals surface area (Å²) in [4.78, 5) is 0. The minimum absolute atomic E-state index is 0.0828. The largest absolute Gasteiger partial charge is 0.220 e. The zero-order valence-corrected chi connectivity index (χ0v) is 18.0. The minimum Gasteiger partial charge on any atom is -0.206 e. The second kappa shape index (κ2) is 6.99. The topological polar surface area (TPSA) is 3.88 Å². The molecule has 1 aromatic heterocycles. The van der Waals surface area contributed by atoms with Crippen LogP contribution in [0.1, 0.15) is 65.1 Å². The summed E-state index contributed by atoms with van der Waals surface area (Å²) in [6.45, 7) is 10.2. The number of halogens is 1. The van der Waals surface area contributed by atoms with Crippen LogP contribution in [0.2, 0.25) is 0 Å². The Bertz CT molecular complexity index is 1090. The summed E-state index contributed by atoms with van der Waals surface area (Å²) in [6, 6.07) is 9.08. The fourth-order valence-corrected chi connectivity index (χ4v) is 5.01. The van der Waals surface area contributed by atoms with Crippen molar-refractivity contribution < 1.29 is 8.96 Å². The first kappa shape index (κ1) is 19.1. The highest BCUT2D eigenvalue weighted by atomic mass is 19.1. The predicted molar refractivity (Wildman–Crippen MR) is 115 cm³/mol. The Kier molecular flexibility index (Phi) is 4.77. The van der Waals surface area contributed by atoms with E-state index < -0.39 is 0 Å². The van der Waals surface area contributed by atoms with E-state index in [4.69, 9.17) is 0 Å². The molecule has 1 aliphatic carbocycles. The maximum Gasteiger partial charge on any atom is 0.220 e. The molecule has 4 rings (SSSR count). The molecule has 28 heavy (non-hydrogen) atoms. The van der Waals surface area contributed by atoms with E-state index >= 15 is 0 Å². The van der Waals surface area contributed by atoms with E-state index in [-0.39, 0.29) is 5.82 Å². The Morgan fingerprint density at radius 1 is 0.857 bits per heavy atom. The number of pyridine rings is 1. The molecule has 0 bridgehead atoms. The minimum atomic E-state index is -0.0828. The van der Waals surface area contributed by atoms with Crippen molar-refractivity contribution in [2.24, 2.45) is 7.05 Å².